The summed E-state index contributed by atoms with van der Waals surface area (Å²) in [4.78, 5) is 2.51. The van der Waals surface area contributed by atoms with Crippen LogP contribution in [0.5, 0.6) is 17.2 Å². The lowest BCUT2D eigenvalue weighted by Gasteiger charge is -2.33. The molecule has 0 aliphatic carbocycles. The van der Waals surface area contributed by atoms with Gasteiger partial charge in [0.2, 0.25) is 5.75 Å². The Hall–Kier alpha value is -2.73. The molecule has 2 atom stereocenters. The van der Waals surface area contributed by atoms with E-state index in [1.54, 1.807) is 21.3 Å². The van der Waals surface area contributed by atoms with Crippen LogP contribution in [0.4, 0.5) is 0 Å². The Morgan fingerprint density at radius 3 is 2.39 bits per heavy atom. The van der Waals surface area contributed by atoms with Gasteiger partial charge < -0.3 is 19.6 Å². The van der Waals surface area contributed by atoms with Crippen molar-refractivity contribution in [2.75, 3.05) is 34.4 Å². The third-order valence-corrected chi connectivity index (χ3v) is 5.61. The van der Waals surface area contributed by atoms with Gasteiger partial charge in [-0.3, -0.25) is 4.90 Å². The molecule has 1 N–H and O–H groups in total. The summed E-state index contributed by atoms with van der Waals surface area (Å²) >= 11 is 0. The van der Waals surface area contributed by atoms with Crippen LogP contribution in [-0.4, -0.2) is 45.0 Å². The first-order valence-electron chi connectivity index (χ1n) is 9.61. The molecule has 0 aromatic heterocycles. The molecule has 28 heavy (non-hydrogen) atoms. The molecule has 6 nitrogen and oxygen atoms in total. The van der Waals surface area contributed by atoms with Crippen LogP contribution in [0.25, 0.3) is 0 Å². The minimum atomic E-state index is 0.0993. The Morgan fingerprint density at radius 2 is 1.75 bits per heavy atom. The fourth-order valence-electron chi connectivity index (χ4n) is 4.18. The third kappa shape index (κ3) is 3.52. The number of nitrogens with one attached hydrogen (secondary N) is 1. The van der Waals surface area contributed by atoms with Gasteiger partial charge in [0.1, 0.15) is 0 Å². The predicted molar refractivity (Wildman–Crippen MR) is 109 cm³/mol. The zero-order valence-corrected chi connectivity index (χ0v) is 16.6. The van der Waals surface area contributed by atoms with Crippen LogP contribution in [0, 0.1) is 5.92 Å². The lowest BCUT2D eigenvalue weighted by Crippen LogP contribution is -2.41. The van der Waals surface area contributed by atoms with Crippen molar-refractivity contribution in [1.82, 2.24) is 10.3 Å². The van der Waals surface area contributed by atoms with Gasteiger partial charge in [-0.25, -0.2) is 0 Å². The standard InChI is InChI=1S/C22H27N3O3/c1-26-19-11-16(12-20(27-2)22(19)28-3)21-17-14-25(10-9-18(17)23-24-21)13-15-7-5-4-6-8-15/h4-8,11-12,17,21,24H,9-10,13-14H2,1-3H3. The second kappa shape index (κ2) is 8.10. The summed E-state index contributed by atoms with van der Waals surface area (Å²) in [6.07, 6.45) is 0.991. The molecule has 4 rings (SSSR count). The monoisotopic (exact) mass is 381 g/mol. The highest BCUT2D eigenvalue weighted by molar-refractivity contribution is 5.90. The zero-order chi connectivity index (χ0) is 19.5. The fourth-order valence-corrected chi connectivity index (χ4v) is 4.18. The first kappa shape index (κ1) is 18.6. The first-order chi connectivity index (χ1) is 13.7. The molecule has 0 bridgehead atoms. The second-order valence-corrected chi connectivity index (χ2v) is 7.25. The van der Waals surface area contributed by atoms with Crippen LogP contribution < -0.4 is 19.6 Å². The van der Waals surface area contributed by atoms with Gasteiger partial charge in [-0.15, -0.1) is 0 Å². The smallest absolute Gasteiger partial charge is 0.203 e. The van der Waals surface area contributed by atoms with Crippen molar-refractivity contribution >= 4 is 5.71 Å². The van der Waals surface area contributed by atoms with E-state index in [1.807, 2.05) is 12.1 Å². The van der Waals surface area contributed by atoms with E-state index >= 15 is 0 Å². The topological polar surface area (TPSA) is 55.3 Å². The van der Waals surface area contributed by atoms with Crippen LogP contribution in [0.15, 0.2) is 47.6 Å². The molecule has 0 spiro atoms. The predicted octanol–water partition coefficient (Wildman–Crippen LogP) is 3.23. The maximum atomic E-state index is 5.53. The summed E-state index contributed by atoms with van der Waals surface area (Å²) in [5.41, 5.74) is 7.04. The van der Waals surface area contributed by atoms with E-state index < -0.39 is 0 Å². The van der Waals surface area contributed by atoms with E-state index in [0.29, 0.717) is 23.2 Å². The third-order valence-electron chi connectivity index (χ3n) is 5.61. The number of piperidine rings is 1. The molecule has 1 saturated heterocycles. The number of hydrogen-bond acceptors (Lipinski definition) is 6. The number of hydrazone groups is 1. The fraction of sp³-hybridized carbons (Fsp3) is 0.409. The number of methoxy groups -OCH3 is 3. The molecule has 0 saturated carbocycles. The van der Waals surface area contributed by atoms with E-state index in [9.17, 15) is 0 Å². The van der Waals surface area contributed by atoms with Crippen molar-refractivity contribution in [3.05, 3.63) is 53.6 Å². The Balaban J connectivity index is 1.56. The normalized spacial score (nSPS) is 21.5. The quantitative estimate of drug-likeness (QED) is 0.833. The summed E-state index contributed by atoms with van der Waals surface area (Å²) < 4.78 is 16.5. The van der Waals surface area contributed by atoms with Crippen LogP contribution in [0.3, 0.4) is 0 Å². The number of hydrogen-bond donors (Lipinski definition) is 1. The van der Waals surface area contributed by atoms with Crippen molar-refractivity contribution < 1.29 is 14.2 Å². The summed E-state index contributed by atoms with van der Waals surface area (Å²) in [5, 5.41) is 4.64. The largest absolute Gasteiger partial charge is 0.493 e. The van der Waals surface area contributed by atoms with Crippen LogP contribution in [-0.2, 0) is 6.54 Å². The van der Waals surface area contributed by atoms with E-state index in [2.05, 4.69) is 45.8 Å². The highest BCUT2D eigenvalue weighted by Crippen LogP contribution is 2.42. The van der Waals surface area contributed by atoms with Gasteiger partial charge in [0.05, 0.1) is 27.4 Å². The van der Waals surface area contributed by atoms with E-state index in [0.717, 1.165) is 31.6 Å². The maximum absolute atomic E-state index is 5.53. The SMILES string of the molecule is COc1cc(C2NN=C3CCN(Cc4ccccc4)CC32)cc(OC)c1OC. The van der Waals surface area contributed by atoms with Crippen molar-refractivity contribution in [1.29, 1.82) is 0 Å². The van der Waals surface area contributed by atoms with Crippen molar-refractivity contribution in [3.8, 4) is 17.2 Å². The van der Waals surface area contributed by atoms with Gasteiger partial charge in [0.25, 0.3) is 0 Å². The molecule has 0 radical (unpaired) electrons. The lowest BCUT2D eigenvalue weighted by atomic mass is 9.86. The van der Waals surface area contributed by atoms with Gasteiger partial charge >= 0.3 is 0 Å². The Bertz CT molecular complexity index is 828. The Kier molecular flexibility index (Phi) is 5.39. The molecular weight excluding hydrogens is 354 g/mol. The van der Waals surface area contributed by atoms with Crippen molar-refractivity contribution in [3.63, 3.8) is 0 Å². The maximum Gasteiger partial charge on any atom is 0.203 e. The van der Waals surface area contributed by atoms with Crippen LogP contribution in [0.2, 0.25) is 0 Å². The number of fused-ring (bicyclic) bond motifs is 1. The number of nitrogens with zero attached hydrogens (tertiary/aromatic N) is 2. The van der Waals surface area contributed by atoms with E-state index in [4.69, 9.17) is 14.2 Å². The Labute approximate surface area is 166 Å². The zero-order valence-electron chi connectivity index (χ0n) is 16.6. The van der Waals surface area contributed by atoms with Gasteiger partial charge in [-0.1, -0.05) is 30.3 Å². The molecule has 2 aromatic carbocycles. The van der Waals surface area contributed by atoms with Gasteiger partial charge in [0, 0.05) is 37.7 Å². The summed E-state index contributed by atoms with van der Waals surface area (Å²) in [6.45, 7) is 2.97. The van der Waals surface area contributed by atoms with Gasteiger partial charge in [-0.05, 0) is 23.3 Å². The van der Waals surface area contributed by atoms with E-state index in [-0.39, 0.29) is 6.04 Å². The van der Waals surface area contributed by atoms with Crippen molar-refractivity contribution in [2.24, 2.45) is 11.0 Å². The van der Waals surface area contributed by atoms with E-state index in [1.165, 1.54) is 11.3 Å². The molecule has 2 aliphatic rings. The summed E-state index contributed by atoms with van der Waals surface area (Å²) in [6, 6.07) is 14.8. The molecule has 0 amide bonds. The molecule has 148 valence electrons. The molecular formula is C22H27N3O3. The van der Waals surface area contributed by atoms with Crippen molar-refractivity contribution in [2.45, 2.75) is 19.0 Å². The van der Waals surface area contributed by atoms with Gasteiger partial charge in [0.15, 0.2) is 11.5 Å². The highest BCUT2D eigenvalue weighted by Gasteiger charge is 2.37. The molecule has 6 heteroatoms. The lowest BCUT2D eigenvalue weighted by molar-refractivity contribution is 0.220. The summed E-state index contributed by atoms with van der Waals surface area (Å²) in [5.74, 6) is 2.29. The number of rotatable bonds is 6. The van der Waals surface area contributed by atoms with Crippen LogP contribution >= 0.6 is 0 Å². The molecule has 1 fully saturated rings. The number of benzene rings is 2. The average molecular weight is 381 g/mol. The summed E-state index contributed by atoms with van der Waals surface area (Å²) in [7, 11) is 4.91. The van der Waals surface area contributed by atoms with Gasteiger partial charge in [-0.2, -0.15) is 5.10 Å². The first-order valence-corrected chi connectivity index (χ1v) is 9.61. The number of ether oxygens (including phenoxy) is 3. The second-order valence-electron chi connectivity index (χ2n) is 7.25. The highest BCUT2D eigenvalue weighted by atomic mass is 16.5. The molecule has 2 unspecified atom stereocenters. The minimum Gasteiger partial charge on any atom is -0.493 e. The molecule has 2 aliphatic heterocycles. The minimum absolute atomic E-state index is 0.0993. The number of likely N-dealkylation sites (tertiary alicyclic amines) is 1. The molecule has 2 aromatic rings. The Morgan fingerprint density at radius 1 is 1.04 bits per heavy atom. The van der Waals surface area contributed by atoms with Crippen LogP contribution in [0.1, 0.15) is 23.6 Å². The average Bonchev–Trinajstić information content (AvgIpc) is 3.16. The molecule has 2 heterocycles.